The van der Waals surface area contributed by atoms with Crippen LogP contribution < -0.4 is 15.5 Å². The molecule has 0 unspecified atom stereocenters. The Bertz CT molecular complexity index is 479. The summed E-state index contributed by atoms with van der Waals surface area (Å²) >= 11 is 0. The Hall–Kier alpha value is -1.67. The van der Waals surface area contributed by atoms with E-state index in [4.69, 9.17) is 0 Å². The van der Waals surface area contributed by atoms with E-state index >= 15 is 0 Å². The number of rotatable bonds is 16. The zero-order valence-electron chi connectivity index (χ0n) is 19.0. The van der Waals surface area contributed by atoms with E-state index < -0.39 is 0 Å². The van der Waals surface area contributed by atoms with Crippen LogP contribution in [0.25, 0.3) is 0 Å². The molecule has 0 aliphatic carbocycles. The van der Waals surface area contributed by atoms with Gasteiger partial charge in [-0.2, -0.15) is 15.0 Å². The molecular formula is C20H42N8. The molecule has 1 rings (SSSR count). The van der Waals surface area contributed by atoms with Crippen molar-refractivity contribution < 1.29 is 0 Å². The van der Waals surface area contributed by atoms with Gasteiger partial charge >= 0.3 is 0 Å². The summed E-state index contributed by atoms with van der Waals surface area (Å²) in [4.78, 5) is 20.6. The summed E-state index contributed by atoms with van der Waals surface area (Å²) in [5.41, 5.74) is 0. The molecule has 0 spiro atoms. The lowest BCUT2D eigenvalue weighted by Gasteiger charge is -2.19. The van der Waals surface area contributed by atoms with Crippen LogP contribution in [0.2, 0.25) is 0 Å². The van der Waals surface area contributed by atoms with Crippen molar-refractivity contribution in [2.45, 2.75) is 47.5 Å². The van der Waals surface area contributed by atoms with Crippen LogP contribution in [0.4, 0.5) is 17.8 Å². The summed E-state index contributed by atoms with van der Waals surface area (Å²) in [6.07, 6.45) is 2.14. The van der Waals surface area contributed by atoms with Crippen molar-refractivity contribution in [3.63, 3.8) is 0 Å². The smallest absolute Gasteiger partial charge is 0.231 e. The second-order valence-electron chi connectivity index (χ2n) is 6.91. The molecule has 0 radical (unpaired) electrons. The Morgan fingerprint density at radius 3 is 1.43 bits per heavy atom. The Balaban J connectivity index is 2.62. The first-order valence-electron chi connectivity index (χ1n) is 11.0. The third-order valence-corrected chi connectivity index (χ3v) is 5.10. The van der Waals surface area contributed by atoms with Gasteiger partial charge in [-0.15, -0.1) is 0 Å². The Kier molecular flexibility index (Phi) is 12.5. The molecule has 28 heavy (non-hydrogen) atoms. The third kappa shape index (κ3) is 9.01. The SMILES string of the molecule is CCN(CC)CCCNc1nc(NCCCN(CC)CC)nc(N(C)CC)n1. The van der Waals surface area contributed by atoms with Crippen LogP contribution in [-0.4, -0.2) is 90.7 Å². The van der Waals surface area contributed by atoms with Crippen molar-refractivity contribution in [3.8, 4) is 0 Å². The van der Waals surface area contributed by atoms with E-state index in [1.807, 2.05) is 11.9 Å². The molecule has 0 aromatic carbocycles. The molecule has 8 heteroatoms. The topological polar surface area (TPSA) is 72.5 Å². The van der Waals surface area contributed by atoms with Gasteiger partial charge in [-0.25, -0.2) is 0 Å². The Morgan fingerprint density at radius 2 is 1.07 bits per heavy atom. The Labute approximate surface area is 172 Å². The maximum Gasteiger partial charge on any atom is 0.231 e. The van der Waals surface area contributed by atoms with Crippen LogP contribution in [-0.2, 0) is 0 Å². The van der Waals surface area contributed by atoms with Gasteiger partial charge in [0.15, 0.2) is 0 Å². The van der Waals surface area contributed by atoms with Crippen molar-refractivity contribution >= 4 is 17.8 Å². The van der Waals surface area contributed by atoms with Gasteiger partial charge in [-0.05, 0) is 59.0 Å². The quantitative estimate of drug-likeness (QED) is 0.415. The normalized spacial score (nSPS) is 11.3. The van der Waals surface area contributed by atoms with E-state index in [2.05, 4.69) is 70.0 Å². The first kappa shape index (κ1) is 24.4. The average Bonchev–Trinajstić information content (AvgIpc) is 2.73. The molecule has 0 aliphatic rings. The molecule has 1 heterocycles. The number of hydrogen-bond acceptors (Lipinski definition) is 8. The zero-order chi connectivity index (χ0) is 20.8. The summed E-state index contributed by atoms with van der Waals surface area (Å²) in [6, 6.07) is 0. The monoisotopic (exact) mass is 394 g/mol. The average molecular weight is 395 g/mol. The molecular weight excluding hydrogens is 352 g/mol. The molecule has 0 atom stereocenters. The van der Waals surface area contributed by atoms with E-state index in [-0.39, 0.29) is 0 Å². The second-order valence-corrected chi connectivity index (χ2v) is 6.91. The predicted octanol–water partition coefficient (Wildman–Crippen LogP) is 2.62. The van der Waals surface area contributed by atoms with Gasteiger partial charge in [0.05, 0.1) is 0 Å². The number of aromatic nitrogens is 3. The van der Waals surface area contributed by atoms with Crippen LogP contribution in [0, 0.1) is 0 Å². The molecule has 8 nitrogen and oxygen atoms in total. The summed E-state index contributed by atoms with van der Waals surface area (Å²) in [7, 11) is 2.00. The third-order valence-electron chi connectivity index (χ3n) is 5.10. The van der Waals surface area contributed by atoms with Crippen molar-refractivity contribution in [3.05, 3.63) is 0 Å². The second kappa shape index (κ2) is 14.3. The molecule has 0 saturated carbocycles. The molecule has 0 amide bonds. The minimum atomic E-state index is 0.649. The molecule has 0 saturated heterocycles. The van der Waals surface area contributed by atoms with E-state index in [0.29, 0.717) is 17.8 Å². The fraction of sp³-hybridized carbons (Fsp3) is 0.850. The van der Waals surface area contributed by atoms with Crippen LogP contribution in [0.3, 0.4) is 0 Å². The highest BCUT2D eigenvalue weighted by atomic mass is 15.3. The fourth-order valence-corrected chi connectivity index (χ4v) is 2.92. The molecule has 162 valence electrons. The van der Waals surface area contributed by atoms with Gasteiger partial charge in [0, 0.05) is 26.7 Å². The van der Waals surface area contributed by atoms with E-state index in [1.54, 1.807) is 0 Å². The highest BCUT2D eigenvalue weighted by molar-refractivity contribution is 5.43. The number of hydrogen-bond donors (Lipinski definition) is 2. The molecule has 2 N–H and O–H groups in total. The van der Waals surface area contributed by atoms with E-state index in [0.717, 1.165) is 71.7 Å². The van der Waals surface area contributed by atoms with Crippen molar-refractivity contribution in [1.82, 2.24) is 24.8 Å². The van der Waals surface area contributed by atoms with Crippen LogP contribution in [0.1, 0.15) is 47.5 Å². The van der Waals surface area contributed by atoms with Crippen molar-refractivity contribution in [1.29, 1.82) is 0 Å². The highest BCUT2D eigenvalue weighted by Crippen LogP contribution is 2.12. The maximum atomic E-state index is 4.57. The van der Waals surface area contributed by atoms with Gasteiger partial charge in [0.1, 0.15) is 0 Å². The molecule has 1 aromatic heterocycles. The van der Waals surface area contributed by atoms with Crippen molar-refractivity contribution in [2.75, 3.05) is 81.5 Å². The van der Waals surface area contributed by atoms with Gasteiger partial charge in [-0.1, -0.05) is 27.7 Å². The van der Waals surface area contributed by atoms with Gasteiger partial charge in [0.25, 0.3) is 0 Å². The first-order chi connectivity index (χ1) is 13.6. The minimum absolute atomic E-state index is 0.649. The molecule has 0 fully saturated rings. The highest BCUT2D eigenvalue weighted by Gasteiger charge is 2.09. The largest absolute Gasteiger partial charge is 0.354 e. The number of anilines is 3. The van der Waals surface area contributed by atoms with Crippen LogP contribution in [0.15, 0.2) is 0 Å². The van der Waals surface area contributed by atoms with Gasteiger partial charge in [0.2, 0.25) is 17.8 Å². The Morgan fingerprint density at radius 1 is 0.643 bits per heavy atom. The first-order valence-corrected chi connectivity index (χ1v) is 11.0. The molecule has 0 bridgehead atoms. The molecule has 1 aromatic rings. The van der Waals surface area contributed by atoms with Gasteiger partial charge in [-0.3, -0.25) is 0 Å². The number of nitrogens with zero attached hydrogens (tertiary/aromatic N) is 6. The lowest BCUT2D eigenvalue weighted by Crippen LogP contribution is -2.26. The van der Waals surface area contributed by atoms with E-state index in [1.165, 1.54) is 0 Å². The molecule has 0 aliphatic heterocycles. The lowest BCUT2D eigenvalue weighted by molar-refractivity contribution is 0.303. The van der Waals surface area contributed by atoms with Crippen LogP contribution in [0.5, 0.6) is 0 Å². The van der Waals surface area contributed by atoms with Crippen LogP contribution >= 0.6 is 0 Å². The summed E-state index contributed by atoms with van der Waals surface area (Å²) in [6.45, 7) is 20.0. The zero-order valence-corrected chi connectivity index (χ0v) is 19.0. The minimum Gasteiger partial charge on any atom is -0.354 e. The van der Waals surface area contributed by atoms with E-state index in [9.17, 15) is 0 Å². The standard InChI is InChI=1S/C20H42N8/c1-7-26(6)20-24-18(21-14-12-16-27(8-2)9-3)23-19(25-20)22-15-13-17-28(10-4)11-5/h7-17H2,1-6H3,(H2,21,22,23,24,25). The summed E-state index contributed by atoms with van der Waals surface area (Å²) in [5.74, 6) is 2.00. The summed E-state index contributed by atoms with van der Waals surface area (Å²) < 4.78 is 0. The van der Waals surface area contributed by atoms with Gasteiger partial charge < -0.3 is 25.3 Å². The maximum absolute atomic E-state index is 4.57. The fourth-order valence-electron chi connectivity index (χ4n) is 2.92. The summed E-state index contributed by atoms with van der Waals surface area (Å²) in [5, 5.41) is 6.74. The lowest BCUT2D eigenvalue weighted by atomic mass is 10.3. The van der Waals surface area contributed by atoms with Crippen molar-refractivity contribution in [2.24, 2.45) is 0 Å². The predicted molar refractivity (Wildman–Crippen MR) is 121 cm³/mol. The number of nitrogens with one attached hydrogen (secondary N) is 2.